The molecule has 1 rings (SSSR count). The van der Waals surface area contributed by atoms with Crippen LogP contribution in [0, 0.1) is 9.39 Å². The van der Waals surface area contributed by atoms with E-state index in [0.717, 1.165) is 10.2 Å². The molecule has 0 aliphatic rings. The molecule has 5 heteroatoms. The van der Waals surface area contributed by atoms with E-state index in [4.69, 9.17) is 4.74 Å². The SMILES string of the molecule is O=C(OC[SiH3])c1cccc(I)c1F. The van der Waals surface area contributed by atoms with Gasteiger partial charge in [-0.3, -0.25) is 0 Å². The van der Waals surface area contributed by atoms with E-state index >= 15 is 0 Å². The molecule has 0 fully saturated rings. The Labute approximate surface area is 92.0 Å². The van der Waals surface area contributed by atoms with Crippen molar-refractivity contribution in [2.24, 2.45) is 0 Å². The van der Waals surface area contributed by atoms with E-state index in [1.54, 1.807) is 12.1 Å². The molecule has 0 N–H and O–H groups in total. The summed E-state index contributed by atoms with van der Waals surface area (Å²) >= 11 is 1.84. The highest BCUT2D eigenvalue weighted by atomic mass is 127. The lowest BCUT2D eigenvalue weighted by atomic mass is 10.2. The van der Waals surface area contributed by atoms with Crippen LogP contribution in [-0.2, 0) is 4.74 Å². The molecule has 0 amide bonds. The van der Waals surface area contributed by atoms with Gasteiger partial charge in [0.1, 0.15) is 0 Å². The molecule has 0 bridgehead atoms. The van der Waals surface area contributed by atoms with Crippen molar-refractivity contribution in [1.29, 1.82) is 0 Å². The lowest BCUT2D eigenvalue weighted by molar-refractivity contribution is 0.0568. The lowest BCUT2D eigenvalue weighted by Crippen LogP contribution is -2.09. The van der Waals surface area contributed by atoms with E-state index in [-0.39, 0.29) is 5.56 Å². The number of rotatable bonds is 2. The van der Waals surface area contributed by atoms with Crippen molar-refractivity contribution in [2.75, 3.05) is 6.23 Å². The Morgan fingerprint density at radius 2 is 2.31 bits per heavy atom. The third-order valence-electron chi connectivity index (χ3n) is 1.45. The van der Waals surface area contributed by atoms with Crippen LogP contribution >= 0.6 is 22.6 Å². The maximum Gasteiger partial charge on any atom is 0.340 e. The summed E-state index contributed by atoms with van der Waals surface area (Å²) in [7, 11) is 0.767. The third-order valence-corrected chi connectivity index (χ3v) is 2.57. The van der Waals surface area contributed by atoms with Crippen molar-refractivity contribution < 1.29 is 13.9 Å². The highest BCUT2D eigenvalue weighted by molar-refractivity contribution is 14.1. The van der Waals surface area contributed by atoms with Crippen LogP contribution in [-0.4, -0.2) is 22.4 Å². The first kappa shape index (κ1) is 10.6. The zero-order chi connectivity index (χ0) is 9.84. The number of hydrogen-bond donors (Lipinski definition) is 0. The first-order chi connectivity index (χ1) is 6.16. The van der Waals surface area contributed by atoms with Crippen molar-refractivity contribution in [1.82, 2.24) is 0 Å². The van der Waals surface area contributed by atoms with Gasteiger partial charge >= 0.3 is 5.97 Å². The fourth-order valence-electron chi connectivity index (χ4n) is 0.870. The molecule has 13 heavy (non-hydrogen) atoms. The maximum absolute atomic E-state index is 13.3. The van der Waals surface area contributed by atoms with Gasteiger partial charge < -0.3 is 4.74 Å². The summed E-state index contributed by atoms with van der Waals surface area (Å²) in [6.07, 6.45) is 0.393. The average Bonchev–Trinajstić information content (AvgIpc) is 2.10. The predicted molar refractivity (Wildman–Crippen MR) is 59.3 cm³/mol. The van der Waals surface area contributed by atoms with Crippen molar-refractivity contribution in [3.8, 4) is 0 Å². The number of halogens is 2. The van der Waals surface area contributed by atoms with Crippen LogP contribution in [0.2, 0.25) is 0 Å². The summed E-state index contributed by atoms with van der Waals surface area (Å²) in [5.74, 6) is -1.07. The summed E-state index contributed by atoms with van der Waals surface area (Å²) in [4.78, 5) is 11.2. The molecular formula is C8H8FIO2Si. The zero-order valence-corrected chi connectivity index (χ0v) is 11.2. The summed E-state index contributed by atoms with van der Waals surface area (Å²) in [6.45, 7) is 0. The maximum atomic E-state index is 13.3. The Morgan fingerprint density at radius 1 is 1.62 bits per heavy atom. The van der Waals surface area contributed by atoms with E-state index in [2.05, 4.69) is 0 Å². The highest BCUT2D eigenvalue weighted by Crippen LogP contribution is 2.15. The van der Waals surface area contributed by atoms with Gasteiger partial charge in [0.15, 0.2) is 5.82 Å². The van der Waals surface area contributed by atoms with Gasteiger partial charge in [0.05, 0.1) is 22.0 Å². The minimum Gasteiger partial charge on any atom is -0.467 e. The van der Waals surface area contributed by atoms with E-state index in [9.17, 15) is 9.18 Å². The van der Waals surface area contributed by atoms with Crippen LogP contribution in [0.25, 0.3) is 0 Å². The molecule has 0 aliphatic heterocycles. The Morgan fingerprint density at radius 3 is 2.92 bits per heavy atom. The Balaban J connectivity index is 3.01. The number of ether oxygens (including phenoxy) is 1. The molecule has 1 aromatic rings. The van der Waals surface area contributed by atoms with Gasteiger partial charge in [-0.1, -0.05) is 6.07 Å². The molecule has 0 heterocycles. The van der Waals surface area contributed by atoms with Crippen LogP contribution in [0.3, 0.4) is 0 Å². The van der Waals surface area contributed by atoms with E-state index in [1.807, 2.05) is 22.6 Å². The molecule has 0 spiro atoms. The van der Waals surface area contributed by atoms with Gasteiger partial charge in [-0.25, -0.2) is 9.18 Å². The van der Waals surface area contributed by atoms with Crippen molar-refractivity contribution in [3.05, 3.63) is 33.1 Å². The Bertz CT molecular complexity index is 330. The van der Waals surface area contributed by atoms with Crippen LogP contribution < -0.4 is 0 Å². The van der Waals surface area contributed by atoms with Crippen molar-refractivity contribution in [3.63, 3.8) is 0 Å². The second kappa shape index (κ2) is 4.71. The summed E-state index contributed by atoms with van der Waals surface area (Å²) in [5.41, 5.74) is 0.0164. The molecule has 0 atom stereocenters. The van der Waals surface area contributed by atoms with Gasteiger partial charge in [-0.15, -0.1) is 0 Å². The molecule has 0 saturated heterocycles. The Kier molecular flexibility index (Phi) is 3.85. The van der Waals surface area contributed by atoms with Gasteiger partial charge in [-0.05, 0) is 34.7 Å². The fraction of sp³-hybridized carbons (Fsp3) is 0.125. The van der Waals surface area contributed by atoms with E-state index < -0.39 is 11.8 Å². The zero-order valence-electron chi connectivity index (χ0n) is 7.01. The van der Waals surface area contributed by atoms with Crippen LogP contribution in [0.1, 0.15) is 10.4 Å². The molecular weight excluding hydrogens is 302 g/mol. The summed E-state index contributed by atoms with van der Waals surface area (Å²) < 4.78 is 18.5. The number of carbonyl (C=O) groups is 1. The van der Waals surface area contributed by atoms with Gasteiger partial charge in [0.2, 0.25) is 0 Å². The van der Waals surface area contributed by atoms with Gasteiger partial charge in [0, 0.05) is 3.57 Å². The normalized spacial score (nSPS) is 10.0. The quantitative estimate of drug-likeness (QED) is 0.461. The molecule has 0 aliphatic carbocycles. The molecule has 1 aromatic carbocycles. The minimum atomic E-state index is -0.578. The molecule has 2 nitrogen and oxygen atoms in total. The lowest BCUT2D eigenvalue weighted by Gasteiger charge is -2.03. The smallest absolute Gasteiger partial charge is 0.340 e. The molecule has 70 valence electrons. The van der Waals surface area contributed by atoms with Crippen LogP contribution in [0.5, 0.6) is 0 Å². The molecule has 0 radical (unpaired) electrons. The van der Waals surface area contributed by atoms with E-state index in [1.165, 1.54) is 6.07 Å². The van der Waals surface area contributed by atoms with Crippen LogP contribution in [0.4, 0.5) is 4.39 Å². The van der Waals surface area contributed by atoms with E-state index in [0.29, 0.717) is 9.80 Å². The first-order valence-electron chi connectivity index (χ1n) is 3.78. The largest absolute Gasteiger partial charge is 0.467 e. The minimum absolute atomic E-state index is 0.0164. The molecule has 0 aromatic heterocycles. The highest BCUT2D eigenvalue weighted by Gasteiger charge is 2.13. The number of esters is 1. The fourth-order valence-corrected chi connectivity index (χ4v) is 1.63. The first-order valence-corrected chi connectivity index (χ1v) is 6.27. The number of carbonyl (C=O) groups excluding carboxylic acids is 1. The van der Waals surface area contributed by atoms with Gasteiger partial charge in [0.25, 0.3) is 0 Å². The molecule has 0 unspecified atom stereocenters. The van der Waals surface area contributed by atoms with Crippen molar-refractivity contribution in [2.45, 2.75) is 0 Å². The van der Waals surface area contributed by atoms with Gasteiger partial charge in [-0.2, -0.15) is 0 Å². The summed E-state index contributed by atoms with van der Waals surface area (Å²) in [5, 5.41) is 0. The second-order valence-corrected chi connectivity index (χ2v) is 4.06. The third kappa shape index (κ3) is 2.50. The standard InChI is InChI=1S/C8H8FIO2Si/c9-7-5(8(11)12-4-13)2-1-3-6(7)10/h1-3H,4H2,13H3. The summed E-state index contributed by atoms with van der Waals surface area (Å²) in [6, 6.07) is 4.67. The van der Waals surface area contributed by atoms with Crippen LogP contribution in [0.15, 0.2) is 18.2 Å². The number of benzene rings is 1. The van der Waals surface area contributed by atoms with Crippen molar-refractivity contribution >= 4 is 38.8 Å². The average molecular weight is 310 g/mol. The monoisotopic (exact) mass is 310 g/mol. The second-order valence-electron chi connectivity index (χ2n) is 2.32. The predicted octanol–water partition coefficient (Wildman–Crippen LogP) is 0.910. The number of hydrogen-bond acceptors (Lipinski definition) is 2. The Hall–Kier alpha value is -0.433. The topological polar surface area (TPSA) is 26.3 Å². The molecule has 0 saturated carbocycles.